The van der Waals surface area contributed by atoms with E-state index in [1.54, 1.807) is 12.1 Å². The number of likely N-dealkylation sites (tertiary alicyclic amines) is 1. The molecule has 0 bridgehead atoms. The Morgan fingerprint density at radius 1 is 1.12 bits per heavy atom. The molecule has 1 aliphatic rings. The summed E-state index contributed by atoms with van der Waals surface area (Å²) in [7, 11) is -3.68. The number of primary sulfonamides is 1. The van der Waals surface area contributed by atoms with E-state index in [9.17, 15) is 8.42 Å². The van der Waals surface area contributed by atoms with Gasteiger partial charge in [-0.2, -0.15) is 0 Å². The Balaban J connectivity index is 1.57. The Labute approximate surface area is 163 Å². The average molecular weight is 415 g/mol. The third kappa shape index (κ3) is 4.69. The van der Waals surface area contributed by atoms with Gasteiger partial charge in [-0.3, -0.25) is 4.90 Å². The first-order chi connectivity index (χ1) is 12.3. The Hall–Kier alpha value is -1.31. The maximum Gasteiger partial charge on any atom is 0.238 e. The van der Waals surface area contributed by atoms with Gasteiger partial charge < -0.3 is 4.74 Å². The van der Waals surface area contributed by atoms with E-state index in [1.165, 1.54) is 12.1 Å². The molecular weight excluding hydrogens is 395 g/mol. The lowest BCUT2D eigenvalue weighted by molar-refractivity contribution is 0.197. The molecule has 0 spiro atoms. The quantitative estimate of drug-likeness (QED) is 0.778. The van der Waals surface area contributed by atoms with E-state index in [4.69, 9.17) is 33.1 Å². The van der Waals surface area contributed by atoms with Crippen LogP contribution in [0.1, 0.15) is 24.4 Å². The number of nitrogens with two attached hydrogens (primary N) is 1. The van der Waals surface area contributed by atoms with Crippen molar-refractivity contribution in [1.29, 1.82) is 0 Å². The SMILES string of the molecule is NS(=O)(=O)c1ccc(OCCN2CCCC2c2ccc(Cl)c(Cl)c2)cc1. The van der Waals surface area contributed by atoms with Gasteiger partial charge in [0, 0.05) is 12.6 Å². The molecule has 26 heavy (non-hydrogen) atoms. The van der Waals surface area contributed by atoms with Crippen LogP contribution < -0.4 is 9.88 Å². The van der Waals surface area contributed by atoms with Crippen LogP contribution in [-0.2, 0) is 10.0 Å². The summed E-state index contributed by atoms with van der Waals surface area (Å²) in [5.41, 5.74) is 1.16. The van der Waals surface area contributed by atoms with Crippen molar-refractivity contribution in [1.82, 2.24) is 4.90 Å². The van der Waals surface area contributed by atoms with E-state index in [0.717, 1.165) is 31.5 Å². The van der Waals surface area contributed by atoms with Crippen molar-refractivity contribution >= 4 is 33.2 Å². The Kier molecular flexibility index (Phi) is 6.10. The summed E-state index contributed by atoms with van der Waals surface area (Å²) in [5, 5.41) is 6.22. The number of hydrogen-bond donors (Lipinski definition) is 1. The molecule has 1 heterocycles. The highest BCUT2D eigenvalue weighted by Gasteiger charge is 2.26. The van der Waals surface area contributed by atoms with Gasteiger partial charge in [0.15, 0.2) is 0 Å². The minimum absolute atomic E-state index is 0.0732. The lowest BCUT2D eigenvalue weighted by atomic mass is 10.0. The van der Waals surface area contributed by atoms with E-state index in [-0.39, 0.29) is 4.90 Å². The second-order valence-electron chi connectivity index (χ2n) is 6.23. The van der Waals surface area contributed by atoms with Crippen molar-refractivity contribution in [2.75, 3.05) is 19.7 Å². The Morgan fingerprint density at radius 3 is 2.50 bits per heavy atom. The van der Waals surface area contributed by atoms with Gasteiger partial charge in [-0.1, -0.05) is 29.3 Å². The molecule has 0 aromatic heterocycles. The molecular formula is C18H20Cl2N2O3S. The number of hydrogen-bond acceptors (Lipinski definition) is 4. The first kappa shape index (κ1) is 19.5. The zero-order valence-corrected chi connectivity index (χ0v) is 16.4. The van der Waals surface area contributed by atoms with Crippen LogP contribution in [0, 0.1) is 0 Å². The number of nitrogens with zero attached hydrogens (tertiary/aromatic N) is 1. The average Bonchev–Trinajstić information content (AvgIpc) is 3.05. The van der Waals surface area contributed by atoms with Crippen LogP contribution in [0.15, 0.2) is 47.4 Å². The molecule has 1 atom stereocenters. The van der Waals surface area contributed by atoms with Crippen molar-refractivity contribution in [3.63, 3.8) is 0 Å². The molecule has 8 heteroatoms. The van der Waals surface area contributed by atoms with Crippen molar-refractivity contribution in [3.05, 3.63) is 58.1 Å². The standard InChI is InChI=1S/C18H20Cl2N2O3S/c19-16-8-3-13(12-17(16)20)18-2-1-9-22(18)10-11-25-14-4-6-15(7-5-14)26(21,23)24/h3-8,12,18H,1-2,9-11H2,(H2,21,23,24). The third-order valence-corrected chi connectivity index (χ3v) is 6.16. The molecule has 1 unspecified atom stereocenters. The number of halogens is 2. The van der Waals surface area contributed by atoms with Crippen molar-refractivity contribution in [2.24, 2.45) is 5.14 Å². The van der Waals surface area contributed by atoms with Crippen LogP contribution in [0.25, 0.3) is 0 Å². The van der Waals surface area contributed by atoms with Gasteiger partial charge in [-0.05, 0) is 61.3 Å². The highest BCUT2D eigenvalue weighted by atomic mass is 35.5. The second-order valence-corrected chi connectivity index (χ2v) is 8.61. The lowest BCUT2D eigenvalue weighted by Crippen LogP contribution is -2.28. The largest absolute Gasteiger partial charge is 0.492 e. The number of ether oxygens (including phenoxy) is 1. The molecule has 1 fully saturated rings. The van der Waals surface area contributed by atoms with Crippen LogP contribution in [-0.4, -0.2) is 33.0 Å². The van der Waals surface area contributed by atoms with Crippen LogP contribution in [0.4, 0.5) is 0 Å². The molecule has 0 amide bonds. The molecule has 0 saturated carbocycles. The fourth-order valence-electron chi connectivity index (χ4n) is 3.20. The minimum atomic E-state index is -3.68. The zero-order valence-electron chi connectivity index (χ0n) is 14.1. The normalized spacial score (nSPS) is 18.2. The molecule has 0 aliphatic carbocycles. The Bertz CT molecular complexity index is 873. The summed E-state index contributed by atoms with van der Waals surface area (Å²) in [6.45, 7) is 2.27. The molecule has 3 rings (SSSR count). The van der Waals surface area contributed by atoms with Crippen LogP contribution >= 0.6 is 23.2 Å². The molecule has 2 aromatic carbocycles. The molecule has 1 aliphatic heterocycles. The van der Waals surface area contributed by atoms with Crippen LogP contribution in [0.2, 0.25) is 10.0 Å². The molecule has 0 radical (unpaired) electrons. The zero-order chi connectivity index (χ0) is 18.7. The molecule has 2 aromatic rings. The number of rotatable bonds is 6. The van der Waals surface area contributed by atoms with Gasteiger partial charge in [0.1, 0.15) is 12.4 Å². The first-order valence-electron chi connectivity index (χ1n) is 8.29. The van der Waals surface area contributed by atoms with Crippen LogP contribution in [0.3, 0.4) is 0 Å². The smallest absolute Gasteiger partial charge is 0.238 e. The number of sulfonamides is 1. The topological polar surface area (TPSA) is 72.6 Å². The fourth-order valence-corrected chi connectivity index (χ4v) is 4.02. The summed E-state index contributed by atoms with van der Waals surface area (Å²) in [6, 6.07) is 12.2. The van der Waals surface area contributed by atoms with E-state index >= 15 is 0 Å². The van der Waals surface area contributed by atoms with Gasteiger partial charge in [-0.15, -0.1) is 0 Å². The van der Waals surface area contributed by atoms with Gasteiger partial charge in [0.2, 0.25) is 10.0 Å². The summed E-state index contributed by atoms with van der Waals surface area (Å²) in [5.74, 6) is 0.614. The van der Waals surface area contributed by atoms with Crippen molar-refractivity contribution in [2.45, 2.75) is 23.8 Å². The minimum Gasteiger partial charge on any atom is -0.492 e. The van der Waals surface area contributed by atoms with Crippen LogP contribution in [0.5, 0.6) is 5.75 Å². The number of benzene rings is 2. The van der Waals surface area contributed by atoms with E-state index in [1.807, 2.05) is 18.2 Å². The Morgan fingerprint density at radius 2 is 1.85 bits per heavy atom. The molecule has 140 valence electrons. The van der Waals surface area contributed by atoms with E-state index < -0.39 is 10.0 Å². The molecule has 5 nitrogen and oxygen atoms in total. The molecule has 1 saturated heterocycles. The van der Waals surface area contributed by atoms with Crippen molar-refractivity contribution < 1.29 is 13.2 Å². The van der Waals surface area contributed by atoms with E-state index in [0.29, 0.717) is 28.4 Å². The highest BCUT2D eigenvalue weighted by Crippen LogP contribution is 2.34. The predicted molar refractivity (Wildman–Crippen MR) is 103 cm³/mol. The first-order valence-corrected chi connectivity index (χ1v) is 10.6. The second kappa shape index (κ2) is 8.15. The lowest BCUT2D eigenvalue weighted by Gasteiger charge is -2.25. The predicted octanol–water partition coefficient (Wildman–Crippen LogP) is 3.86. The summed E-state index contributed by atoms with van der Waals surface area (Å²) < 4.78 is 28.3. The maximum absolute atomic E-state index is 11.3. The van der Waals surface area contributed by atoms with Crippen molar-refractivity contribution in [3.8, 4) is 5.75 Å². The molecule has 2 N–H and O–H groups in total. The summed E-state index contributed by atoms with van der Waals surface area (Å²) in [4.78, 5) is 2.43. The fraction of sp³-hybridized carbons (Fsp3) is 0.333. The summed E-state index contributed by atoms with van der Waals surface area (Å²) in [6.07, 6.45) is 2.19. The van der Waals surface area contributed by atoms with Gasteiger partial charge in [0.05, 0.1) is 14.9 Å². The highest BCUT2D eigenvalue weighted by molar-refractivity contribution is 7.89. The van der Waals surface area contributed by atoms with Gasteiger partial charge in [0.25, 0.3) is 0 Å². The van der Waals surface area contributed by atoms with Gasteiger partial charge >= 0.3 is 0 Å². The summed E-state index contributed by atoms with van der Waals surface area (Å²) >= 11 is 12.1. The van der Waals surface area contributed by atoms with Gasteiger partial charge in [-0.25, -0.2) is 13.6 Å². The maximum atomic E-state index is 11.3. The third-order valence-electron chi connectivity index (χ3n) is 4.49. The van der Waals surface area contributed by atoms with E-state index in [2.05, 4.69) is 4.90 Å². The monoisotopic (exact) mass is 414 g/mol.